The molecule has 31 heavy (non-hydrogen) atoms. The van der Waals surface area contributed by atoms with E-state index in [0.29, 0.717) is 36.2 Å². The molecule has 2 aromatic carbocycles. The van der Waals surface area contributed by atoms with Gasteiger partial charge in [-0.25, -0.2) is 9.78 Å². The third kappa shape index (κ3) is 7.12. The average Bonchev–Trinajstić information content (AvgIpc) is 3.17. The molecule has 0 aliphatic heterocycles. The molecule has 1 N–H and O–H groups in total. The van der Waals surface area contributed by atoms with Crippen molar-refractivity contribution in [1.29, 1.82) is 0 Å². The van der Waals surface area contributed by atoms with Gasteiger partial charge in [0.05, 0.1) is 35.1 Å². The lowest BCUT2D eigenvalue weighted by Crippen LogP contribution is -2.20. The number of nitrogens with zero attached hydrogens (tertiary/aromatic N) is 1. The largest absolute Gasteiger partial charge is 0.494 e. The number of aromatic nitrogens is 1. The molecule has 0 saturated heterocycles. The number of rotatable bonds is 11. The van der Waals surface area contributed by atoms with Gasteiger partial charge in [0.2, 0.25) is 0 Å². The monoisotopic (exact) mass is 461 g/mol. The van der Waals surface area contributed by atoms with Crippen molar-refractivity contribution >= 4 is 39.3 Å². The Kier molecular flexibility index (Phi) is 8.57. The van der Waals surface area contributed by atoms with E-state index in [1.165, 1.54) is 11.8 Å². The van der Waals surface area contributed by atoms with Gasteiger partial charge in [0.1, 0.15) is 18.1 Å². The van der Waals surface area contributed by atoms with E-state index in [1.807, 2.05) is 39.0 Å². The summed E-state index contributed by atoms with van der Waals surface area (Å²) in [5, 5.41) is 10.3. The van der Waals surface area contributed by atoms with Gasteiger partial charge in [-0.3, -0.25) is 0 Å². The minimum Gasteiger partial charge on any atom is -0.494 e. The molecule has 8 heteroatoms. The van der Waals surface area contributed by atoms with Crippen molar-refractivity contribution in [2.75, 3.05) is 25.6 Å². The molecule has 0 amide bonds. The fourth-order valence-electron chi connectivity index (χ4n) is 2.62. The Bertz CT molecular complexity index is 987. The van der Waals surface area contributed by atoms with E-state index in [9.17, 15) is 9.90 Å². The highest BCUT2D eigenvalue weighted by molar-refractivity contribution is 8.01. The molecule has 1 aromatic heterocycles. The summed E-state index contributed by atoms with van der Waals surface area (Å²) in [6.07, 6.45) is -0.647. The minimum atomic E-state index is -0.647. The first kappa shape index (κ1) is 23.4. The lowest BCUT2D eigenvalue weighted by atomic mass is 10.2. The second-order valence-corrected chi connectivity index (χ2v) is 9.63. The van der Waals surface area contributed by atoms with Crippen LogP contribution in [0, 0.1) is 5.92 Å². The molecule has 166 valence electrons. The predicted octanol–water partition coefficient (Wildman–Crippen LogP) is 5.04. The van der Waals surface area contributed by atoms with Crippen LogP contribution in [0.5, 0.6) is 11.5 Å². The second kappa shape index (κ2) is 11.4. The maximum absolute atomic E-state index is 11.9. The predicted molar refractivity (Wildman–Crippen MR) is 125 cm³/mol. The Morgan fingerprint density at radius 3 is 2.55 bits per heavy atom. The zero-order chi connectivity index (χ0) is 22.2. The molecule has 0 radical (unpaired) electrons. The summed E-state index contributed by atoms with van der Waals surface area (Å²) in [5.41, 5.74) is 1.40. The zero-order valence-electron chi connectivity index (χ0n) is 17.9. The second-order valence-electron chi connectivity index (χ2n) is 7.33. The van der Waals surface area contributed by atoms with Crippen molar-refractivity contribution in [3.63, 3.8) is 0 Å². The Hall–Kier alpha value is -2.29. The van der Waals surface area contributed by atoms with Crippen LogP contribution in [0.3, 0.4) is 0 Å². The van der Waals surface area contributed by atoms with Crippen molar-refractivity contribution in [2.45, 2.75) is 31.2 Å². The van der Waals surface area contributed by atoms with E-state index in [4.69, 9.17) is 14.2 Å². The van der Waals surface area contributed by atoms with Crippen LogP contribution < -0.4 is 9.47 Å². The highest BCUT2D eigenvalue weighted by atomic mass is 32.2. The third-order valence-electron chi connectivity index (χ3n) is 4.13. The van der Waals surface area contributed by atoms with Gasteiger partial charge >= 0.3 is 5.97 Å². The van der Waals surface area contributed by atoms with E-state index < -0.39 is 6.10 Å². The highest BCUT2D eigenvalue weighted by Crippen LogP contribution is 2.32. The van der Waals surface area contributed by atoms with Gasteiger partial charge in [-0.2, -0.15) is 0 Å². The molecule has 1 heterocycles. The van der Waals surface area contributed by atoms with E-state index >= 15 is 0 Å². The minimum absolute atomic E-state index is 0.156. The van der Waals surface area contributed by atoms with Gasteiger partial charge in [0.25, 0.3) is 0 Å². The van der Waals surface area contributed by atoms with E-state index in [-0.39, 0.29) is 12.6 Å². The Labute approximate surface area is 190 Å². The number of ether oxygens (including phenoxy) is 3. The van der Waals surface area contributed by atoms with Crippen molar-refractivity contribution in [3.8, 4) is 11.5 Å². The molecular weight excluding hydrogens is 434 g/mol. The Morgan fingerprint density at radius 2 is 1.84 bits per heavy atom. The summed E-state index contributed by atoms with van der Waals surface area (Å²) >= 11 is 3.08. The highest BCUT2D eigenvalue weighted by Gasteiger charge is 2.12. The summed E-state index contributed by atoms with van der Waals surface area (Å²) in [6.45, 7) is 7.11. The van der Waals surface area contributed by atoms with E-state index in [1.54, 1.807) is 35.6 Å². The molecule has 1 unspecified atom stereocenters. The number of aliphatic hydroxyl groups is 1. The number of hydrogen-bond donors (Lipinski definition) is 1. The quantitative estimate of drug-likeness (QED) is 0.317. The third-order valence-corrected chi connectivity index (χ3v) is 6.44. The van der Waals surface area contributed by atoms with Gasteiger partial charge in [-0.15, -0.1) is 11.3 Å². The van der Waals surface area contributed by atoms with Crippen LogP contribution in [-0.2, 0) is 4.74 Å². The van der Waals surface area contributed by atoms with Gasteiger partial charge in [-0.05, 0) is 55.3 Å². The van der Waals surface area contributed by atoms with Crippen molar-refractivity contribution < 1.29 is 24.1 Å². The first-order valence-corrected chi connectivity index (χ1v) is 12.0. The lowest BCUT2D eigenvalue weighted by molar-refractivity contribution is 0.0459. The normalized spacial score (nSPS) is 12.2. The summed E-state index contributed by atoms with van der Waals surface area (Å²) in [7, 11) is 0. The fraction of sp³-hybridized carbons (Fsp3) is 0.391. The van der Waals surface area contributed by atoms with E-state index in [2.05, 4.69) is 4.98 Å². The average molecular weight is 462 g/mol. The lowest BCUT2D eigenvalue weighted by Gasteiger charge is -2.12. The van der Waals surface area contributed by atoms with Crippen LogP contribution >= 0.6 is 23.1 Å². The number of thiazole rings is 1. The Balaban J connectivity index is 1.45. The molecule has 3 aromatic rings. The van der Waals surface area contributed by atoms with Crippen molar-refractivity contribution in [3.05, 3.63) is 48.0 Å². The first-order valence-electron chi connectivity index (χ1n) is 10.2. The zero-order valence-corrected chi connectivity index (χ0v) is 19.5. The topological polar surface area (TPSA) is 77.9 Å². The molecule has 6 nitrogen and oxygen atoms in total. The Morgan fingerprint density at radius 1 is 1.10 bits per heavy atom. The smallest absolute Gasteiger partial charge is 0.338 e. The van der Waals surface area contributed by atoms with Gasteiger partial charge in [0.15, 0.2) is 4.34 Å². The molecule has 0 aliphatic rings. The maximum Gasteiger partial charge on any atom is 0.338 e. The molecular formula is C23H27NO5S2. The molecule has 0 spiro atoms. The summed E-state index contributed by atoms with van der Waals surface area (Å²) < 4.78 is 18.3. The van der Waals surface area contributed by atoms with Gasteiger partial charge < -0.3 is 19.3 Å². The van der Waals surface area contributed by atoms with Crippen LogP contribution in [0.2, 0.25) is 0 Å². The SMILES string of the molecule is CCOc1ccc2nc(SCC(O)COc3ccc(C(=O)OCC(C)C)cc3)sc2c1. The summed E-state index contributed by atoms with van der Waals surface area (Å²) in [4.78, 5) is 16.5. The van der Waals surface area contributed by atoms with Crippen LogP contribution in [0.4, 0.5) is 0 Å². The standard InChI is InChI=1S/C23H27NO5S2/c1-4-27-19-9-10-20-21(11-19)31-23(24-20)30-14-17(25)13-28-18-7-5-16(6-8-18)22(26)29-12-15(2)3/h5-11,15,17,25H,4,12-14H2,1-3H3. The van der Waals surface area contributed by atoms with Crippen molar-refractivity contribution in [2.24, 2.45) is 5.92 Å². The number of carbonyl (C=O) groups is 1. The number of fused-ring (bicyclic) bond motifs is 1. The van der Waals surface area contributed by atoms with Crippen LogP contribution in [-0.4, -0.2) is 47.7 Å². The van der Waals surface area contributed by atoms with Crippen LogP contribution in [0.25, 0.3) is 10.2 Å². The number of benzene rings is 2. The number of esters is 1. The molecule has 0 bridgehead atoms. The molecule has 0 fully saturated rings. The van der Waals surface area contributed by atoms with Gasteiger partial charge in [-0.1, -0.05) is 25.6 Å². The van der Waals surface area contributed by atoms with E-state index in [0.717, 1.165) is 20.3 Å². The maximum atomic E-state index is 11.9. The molecule has 3 rings (SSSR count). The number of hydrogen-bond acceptors (Lipinski definition) is 8. The number of carbonyl (C=O) groups excluding carboxylic acids is 1. The van der Waals surface area contributed by atoms with Gasteiger partial charge in [0, 0.05) is 5.75 Å². The summed E-state index contributed by atoms with van der Waals surface area (Å²) in [6, 6.07) is 12.6. The van der Waals surface area contributed by atoms with Crippen LogP contribution in [0.1, 0.15) is 31.1 Å². The van der Waals surface area contributed by atoms with Crippen molar-refractivity contribution in [1.82, 2.24) is 4.98 Å². The summed E-state index contributed by atoms with van der Waals surface area (Å²) in [5.74, 6) is 1.84. The molecule has 0 saturated carbocycles. The number of aliphatic hydroxyl groups excluding tert-OH is 1. The first-order chi connectivity index (χ1) is 14.9. The fourth-order valence-corrected chi connectivity index (χ4v) is 4.65. The molecule has 0 aliphatic carbocycles. The molecule has 1 atom stereocenters. The number of thioether (sulfide) groups is 1. The van der Waals surface area contributed by atoms with Crippen LogP contribution in [0.15, 0.2) is 46.8 Å².